The summed E-state index contributed by atoms with van der Waals surface area (Å²) in [5.74, 6) is 0.0857. The Hall–Kier alpha value is -0.890. The summed E-state index contributed by atoms with van der Waals surface area (Å²) in [7, 11) is 0. The molecule has 0 aliphatic heterocycles. The van der Waals surface area contributed by atoms with E-state index in [-0.39, 0.29) is 5.82 Å². The number of benzene rings is 1. The monoisotopic (exact) mass is 209 g/mol. The van der Waals surface area contributed by atoms with E-state index in [1.165, 1.54) is 6.07 Å². The van der Waals surface area contributed by atoms with Gasteiger partial charge in [0.25, 0.3) is 0 Å². The van der Waals surface area contributed by atoms with Gasteiger partial charge in [-0.15, -0.1) is 0 Å². The smallest absolute Gasteiger partial charge is 0.123 e. The van der Waals surface area contributed by atoms with Crippen molar-refractivity contribution in [2.75, 3.05) is 0 Å². The molecular weight excluding hydrogens is 189 g/mol. The largest absolute Gasteiger partial charge is 0.321 e. The van der Waals surface area contributed by atoms with Gasteiger partial charge in [0.2, 0.25) is 0 Å². The minimum absolute atomic E-state index is 0.209. The number of aryl methyl sites for hydroxylation is 1. The van der Waals surface area contributed by atoms with E-state index in [0.29, 0.717) is 5.92 Å². The first-order valence-electron chi connectivity index (χ1n) is 5.47. The molecule has 0 bridgehead atoms. The minimum Gasteiger partial charge on any atom is -0.321 e. The van der Waals surface area contributed by atoms with Crippen LogP contribution in [0.3, 0.4) is 0 Å². The lowest BCUT2D eigenvalue weighted by Gasteiger charge is -2.34. The van der Waals surface area contributed by atoms with Crippen LogP contribution in [0.4, 0.5) is 4.39 Å². The summed E-state index contributed by atoms with van der Waals surface area (Å²) in [5, 5.41) is 0. The van der Waals surface area contributed by atoms with Gasteiger partial charge in [-0.1, -0.05) is 26.8 Å². The molecule has 0 amide bonds. The molecule has 1 aromatic carbocycles. The van der Waals surface area contributed by atoms with Gasteiger partial charge in [-0.25, -0.2) is 4.39 Å². The molecule has 15 heavy (non-hydrogen) atoms. The summed E-state index contributed by atoms with van der Waals surface area (Å²) >= 11 is 0. The highest BCUT2D eigenvalue weighted by Crippen LogP contribution is 2.32. The molecule has 0 aromatic heterocycles. The van der Waals surface area contributed by atoms with Gasteiger partial charge in [0.1, 0.15) is 5.82 Å². The van der Waals surface area contributed by atoms with E-state index < -0.39 is 5.54 Å². The zero-order valence-electron chi connectivity index (χ0n) is 9.97. The molecule has 1 rings (SSSR count). The number of halogens is 1. The maximum absolute atomic E-state index is 13.2. The summed E-state index contributed by atoms with van der Waals surface area (Å²) in [6.07, 6.45) is 0.814. The van der Waals surface area contributed by atoms with Crippen LogP contribution in [0.1, 0.15) is 38.3 Å². The molecule has 2 N–H and O–H groups in total. The van der Waals surface area contributed by atoms with Crippen molar-refractivity contribution in [3.8, 4) is 0 Å². The third-order valence-electron chi connectivity index (χ3n) is 3.32. The summed E-state index contributed by atoms with van der Waals surface area (Å²) in [6.45, 7) is 8.18. The van der Waals surface area contributed by atoms with Gasteiger partial charge < -0.3 is 5.73 Å². The lowest BCUT2D eigenvalue weighted by Crippen LogP contribution is -2.42. The second kappa shape index (κ2) is 4.31. The van der Waals surface area contributed by atoms with E-state index in [2.05, 4.69) is 13.8 Å². The molecule has 1 aromatic rings. The Morgan fingerprint density at radius 2 is 2.00 bits per heavy atom. The average Bonchev–Trinajstić information content (AvgIpc) is 2.20. The molecule has 0 radical (unpaired) electrons. The fraction of sp³-hybridized carbons (Fsp3) is 0.538. The lowest BCUT2D eigenvalue weighted by atomic mass is 9.77. The molecule has 0 spiro atoms. The normalized spacial score (nSPS) is 15.4. The predicted molar refractivity (Wildman–Crippen MR) is 62.1 cm³/mol. The van der Waals surface area contributed by atoms with Gasteiger partial charge in [-0.2, -0.15) is 0 Å². The van der Waals surface area contributed by atoms with Gasteiger partial charge in [0.15, 0.2) is 0 Å². The van der Waals surface area contributed by atoms with Crippen LogP contribution < -0.4 is 5.73 Å². The molecule has 2 heteroatoms. The summed E-state index contributed by atoms with van der Waals surface area (Å²) in [6, 6.07) is 4.85. The number of nitrogens with two attached hydrogens (primary N) is 1. The summed E-state index contributed by atoms with van der Waals surface area (Å²) in [5.41, 5.74) is 7.93. The molecule has 84 valence electrons. The van der Waals surface area contributed by atoms with Crippen molar-refractivity contribution >= 4 is 0 Å². The fourth-order valence-corrected chi connectivity index (χ4v) is 2.01. The topological polar surface area (TPSA) is 26.0 Å². The first-order valence-corrected chi connectivity index (χ1v) is 5.47. The number of hydrogen-bond acceptors (Lipinski definition) is 1. The van der Waals surface area contributed by atoms with E-state index in [9.17, 15) is 4.39 Å². The van der Waals surface area contributed by atoms with E-state index in [1.54, 1.807) is 12.1 Å². The third kappa shape index (κ3) is 2.20. The van der Waals surface area contributed by atoms with Crippen LogP contribution in [0.15, 0.2) is 18.2 Å². The lowest BCUT2D eigenvalue weighted by molar-refractivity contribution is 0.303. The van der Waals surface area contributed by atoms with Crippen molar-refractivity contribution in [2.45, 2.75) is 39.7 Å². The molecule has 0 aliphatic carbocycles. The third-order valence-corrected chi connectivity index (χ3v) is 3.32. The molecule has 0 heterocycles. The van der Waals surface area contributed by atoms with Crippen LogP contribution in [0.25, 0.3) is 0 Å². The van der Waals surface area contributed by atoms with Gasteiger partial charge in [-0.3, -0.25) is 0 Å². The molecule has 0 fully saturated rings. The molecule has 0 saturated carbocycles. The quantitative estimate of drug-likeness (QED) is 0.811. The second-order valence-corrected chi connectivity index (χ2v) is 4.51. The molecule has 1 atom stereocenters. The Bertz CT molecular complexity index is 346. The minimum atomic E-state index is -0.424. The van der Waals surface area contributed by atoms with Crippen LogP contribution in [0.2, 0.25) is 0 Å². The first kappa shape index (κ1) is 12.2. The molecule has 0 aliphatic rings. The van der Waals surface area contributed by atoms with Crippen LogP contribution in [0.5, 0.6) is 0 Å². The van der Waals surface area contributed by atoms with Crippen LogP contribution in [0, 0.1) is 18.7 Å². The summed E-state index contributed by atoms with van der Waals surface area (Å²) in [4.78, 5) is 0. The first-order chi connectivity index (χ1) is 6.91. The van der Waals surface area contributed by atoms with Crippen molar-refractivity contribution in [1.29, 1.82) is 0 Å². The van der Waals surface area contributed by atoms with Gasteiger partial charge >= 0.3 is 0 Å². The number of rotatable bonds is 3. The second-order valence-electron chi connectivity index (χ2n) is 4.51. The van der Waals surface area contributed by atoms with Crippen molar-refractivity contribution in [1.82, 2.24) is 0 Å². The summed E-state index contributed by atoms with van der Waals surface area (Å²) < 4.78 is 13.2. The maximum atomic E-state index is 13.2. The highest BCUT2D eigenvalue weighted by Gasteiger charge is 2.30. The van der Waals surface area contributed by atoms with Crippen molar-refractivity contribution in [3.63, 3.8) is 0 Å². The van der Waals surface area contributed by atoms with Crippen LogP contribution in [-0.4, -0.2) is 0 Å². The molecule has 1 unspecified atom stereocenters. The molecular formula is C13H20FN. The Morgan fingerprint density at radius 1 is 1.40 bits per heavy atom. The Labute approximate surface area is 91.5 Å². The van der Waals surface area contributed by atoms with Crippen LogP contribution in [-0.2, 0) is 5.54 Å². The maximum Gasteiger partial charge on any atom is 0.123 e. The zero-order valence-corrected chi connectivity index (χ0v) is 9.97. The van der Waals surface area contributed by atoms with Gasteiger partial charge in [0, 0.05) is 5.54 Å². The van der Waals surface area contributed by atoms with E-state index in [1.807, 2.05) is 13.8 Å². The zero-order chi connectivity index (χ0) is 11.6. The average molecular weight is 209 g/mol. The van der Waals surface area contributed by atoms with Crippen molar-refractivity contribution in [2.24, 2.45) is 11.7 Å². The predicted octanol–water partition coefficient (Wildman–Crippen LogP) is 3.35. The Balaban J connectivity index is 3.29. The van der Waals surface area contributed by atoms with Gasteiger partial charge in [-0.05, 0) is 42.5 Å². The van der Waals surface area contributed by atoms with E-state index in [0.717, 1.165) is 17.5 Å². The Kier molecular flexibility index (Phi) is 3.50. The highest BCUT2D eigenvalue weighted by atomic mass is 19.1. The number of hydrogen-bond donors (Lipinski definition) is 1. The van der Waals surface area contributed by atoms with Crippen molar-refractivity contribution < 1.29 is 4.39 Å². The van der Waals surface area contributed by atoms with Gasteiger partial charge in [0.05, 0.1) is 0 Å². The molecule has 1 nitrogen and oxygen atoms in total. The molecule has 0 saturated heterocycles. The van der Waals surface area contributed by atoms with Crippen LogP contribution >= 0.6 is 0 Å². The highest BCUT2D eigenvalue weighted by molar-refractivity contribution is 5.33. The van der Waals surface area contributed by atoms with Crippen molar-refractivity contribution in [3.05, 3.63) is 35.1 Å². The van der Waals surface area contributed by atoms with E-state index in [4.69, 9.17) is 5.73 Å². The standard InChI is InChI=1S/C13H20FN/c1-5-13(15,9(2)3)12-8-11(14)7-6-10(12)4/h6-9H,5,15H2,1-4H3. The Morgan fingerprint density at radius 3 is 2.47 bits per heavy atom. The SMILES string of the molecule is CCC(N)(c1cc(F)ccc1C)C(C)C. The fourth-order valence-electron chi connectivity index (χ4n) is 2.01. The van der Waals surface area contributed by atoms with E-state index >= 15 is 0 Å².